The number of nitrogens with zero attached hydrogens (tertiary/aromatic N) is 3. The average molecular weight is 575 g/mol. The maximum absolute atomic E-state index is 12.7. The number of carbonyl (C=O) groups is 4. The molecule has 1 aromatic rings. The summed E-state index contributed by atoms with van der Waals surface area (Å²) in [6.45, 7) is -1.09. The molecule has 0 saturated carbocycles. The number of rotatable bonds is 9. The molecular weight excluding hydrogens is 560 g/mol. The van der Waals surface area contributed by atoms with Crippen LogP contribution in [0.5, 0.6) is 0 Å². The van der Waals surface area contributed by atoms with Crippen LogP contribution in [0.25, 0.3) is 0 Å². The molecule has 1 aromatic heterocycles. The number of β-lactam (4-membered cyclic amide) rings is 1. The molecule has 35 heavy (non-hydrogen) atoms. The second-order valence-corrected chi connectivity index (χ2v) is 8.59. The Morgan fingerprint density at radius 3 is 2.54 bits per heavy atom. The third kappa shape index (κ3) is 7.72. The van der Waals surface area contributed by atoms with Gasteiger partial charge in [-0.2, -0.15) is 21.6 Å². The van der Waals surface area contributed by atoms with E-state index in [1.54, 1.807) is 0 Å². The van der Waals surface area contributed by atoms with Gasteiger partial charge in [0.1, 0.15) is 24.7 Å². The van der Waals surface area contributed by atoms with Gasteiger partial charge in [-0.3, -0.25) is 23.7 Å². The molecule has 2 atom stereocenters. The van der Waals surface area contributed by atoms with E-state index in [-0.39, 0.29) is 52.0 Å². The zero-order valence-electron chi connectivity index (χ0n) is 18.6. The van der Waals surface area contributed by atoms with Gasteiger partial charge in [0.2, 0.25) is 5.91 Å². The van der Waals surface area contributed by atoms with Gasteiger partial charge in [0.15, 0.2) is 10.8 Å². The minimum atomic E-state index is -5.31. The van der Waals surface area contributed by atoms with Crippen LogP contribution in [0.2, 0.25) is 0 Å². The SMILES string of the molecule is CO/N=C(\C(=O)NC1C(=O)N(S(=O)(=O)O)C1CNC(=O)C(F)(F)F)c1csc(NC(=O)CCl)n1.[H-].[Na+]. The van der Waals surface area contributed by atoms with Gasteiger partial charge < -0.3 is 22.2 Å². The number of oxime groups is 1. The minimum Gasteiger partial charge on any atom is -1.00 e. The number of aromatic nitrogens is 1. The van der Waals surface area contributed by atoms with Crippen LogP contribution in [0.4, 0.5) is 18.3 Å². The van der Waals surface area contributed by atoms with E-state index in [4.69, 9.17) is 16.2 Å². The van der Waals surface area contributed by atoms with Gasteiger partial charge in [-0.05, 0) is 0 Å². The van der Waals surface area contributed by atoms with Crippen LogP contribution in [-0.2, 0) is 34.3 Å². The van der Waals surface area contributed by atoms with Crippen molar-refractivity contribution >= 4 is 67.7 Å². The van der Waals surface area contributed by atoms with Gasteiger partial charge in [0.25, 0.3) is 11.8 Å². The zero-order chi connectivity index (χ0) is 25.8. The fourth-order valence-electron chi connectivity index (χ4n) is 2.56. The summed E-state index contributed by atoms with van der Waals surface area (Å²) in [5, 5.41) is 10.4. The Hall–Kier alpha value is -2.03. The Labute approximate surface area is 227 Å². The molecule has 21 heteroatoms. The van der Waals surface area contributed by atoms with E-state index in [2.05, 4.69) is 20.3 Å². The number of anilines is 1. The van der Waals surface area contributed by atoms with Crippen LogP contribution in [0.1, 0.15) is 7.12 Å². The summed E-state index contributed by atoms with van der Waals surface area (Å²) >= 11 is 6.23. The number of carbonyl (C=O) groups excluding carboxylic acids is 4. The Bertz CT molecular complexity index is 1140. The van der Waals surface area contributed by atoms with Gasteiger partial charge in [-0.25, -0.2) is 9.29 Å². The van der Waals surface area contributed by atoms with Crippen LogP contribution < -0.4 is 45.5 Å². The van der Waals surface area contributed by atoms with Crippen LogP contribution >= 0.6 is 22.9 Å². The van der Waals surface area contributed by atoms with Crippen molar-refractivity contribution in [2.45, 2.75) is 18.3 Å². The average Bonchev–Trinajstić information content (AvgIpc) is 3.18. The summed E-state index contributed by atoms with van der Waals surface area (Å²) in [5.41, 5.74) is -0.712. The molecule has 190 valence electrons. The first-order chi connectivity index (χ1) is 15.7. The molecule has 4 N–H and O–H groups in total. The number of thiazole rings is 1. The van der Waals surface area contributed by atoms with Crippen molar-refractivity contribution in [2.75, 3.05) is 24.9 Å². The van der Waals surface area contributed by atoms with Crippen molar-refractivity contribution in [3.05, 3.63) is 11.1 Å². The molecule has 2 heterocycles. The fourth-order valence-corrected chi connectivity index (χ4v) is 4.21. The van der Waals surface area contributed by atoms with Gasteiger partial charge in [-0.15, -0.1) is 22.9 Å². The molecule has 4 amide bonds. The molecular formula is C14H15ClF3N6NaO8S2. The molecule has 14 nitrogen and oxygen atoms in total. The predicted octanol–water partition coefficient (Wildman–Crippen LogP) is -4.04. The Balaban J connectivity index is 0.00000612. The van der Waals surface area contributed by atoms with E-state index in [1.807, 2.05) is 5.32 Å². The number of hydrogen-bond acceptors (Lipinski definition) is 10. The molecule has 1 saturated heterocycles. The zero-order valence-corrected chi connectivity index (χ0v) is 22.0. The number of hydrogen-bond donors (Lipinski definition) is 4. The summed E-state index contributed by atoms with van der Waals surface area (Å²) < 4.78 is 69.0. The Morgan fingerprint density at radius 1 is 1.40 bits per heavy atom. The number of alkyl halides is 4. The number of halogens is 4. The fraction of sp³-hybridized carbons (Fsp3) is 0.429. The van der Waals surface area contributed by atoms with Crippen LogP contribution in [0.3, 0.4) is 0 Å². The standard InChI is InChI=1S/C14H14ClF3N6O8S2.Na.H/c1-32-23-8(5-4-33-13(20-5)21-7(25)2-15)10(26)22-9-6(3-19-12(28)14(16,17)18)24(11(9)27)34(29,30)31;;/h4,6,9H,2-3H2,1H3,(H,19,28)(H,22,26)(H,20,21,25)(H,29,30,31);;/q;+1;-1/b23-8-;;. The maximum atomic E-state index is 12.7. The molecule has 0 aromatic carbocycles. The number of nitrogens with one attached hydrogen (secondary N) is 3. The van der Waals surface area contributed by atoms with Gasteiger partial charge in [0, 0.05) is 11.9 Å². The quantitative estimate of drug-likeness (QED) is 0.0567. The van der Waals surface area contributed by atoms with Crippen molar-refractivity contribution in [1.29, 1.82) is 0 Å². The monoisotopic (exact) mass is 574 g/mol. The van der Waals surface area contributed by atoms with Crippen LogP contribution in [-0.4, -0.2) is 89.4 Å². The van der Waals surface area contributed by atoms with Gasteiger partial charge in [0.05, 0.1) is 6.04 Å². The molecule has 0 radical (unpaired) electrons. The molecule has 0 aliphatic carbocycles. The first-order valence-electron chi connectivity index (χ1n) is 8.60. The first-order valence-corrected chi connectivity index (χ1v) is 11.4. The molecule has 0 bridgehead atoms. The summed E-state index contributed by atoms with van der Waals surface area (Å²) in [6.07, 6.45) is -5.31. The second kappa shape index (κ2) is 12.3. The first kappa shape index (κ1) is 31.0. The maximum Gasteiger partial charge on any atom is 1.00 e. The molecule has 2 unspecified atom stereocenters. The van der Waals surface area contributed by atoms with E-state index in [0.717, 1.165) is 18.4 Å². The Kier molecular flexibility index (Phi) is 10.9. The van der Waals surface area contributed by atoms with Crippen molar-refractivity contribution in [1.82, 2.24) is 19.9 Å². The number of amides is 4. The van der Waals surface area contributed by atoms with E-state index < -0.39 is 64.4 Å². The molecule has 1 aliphatic rings. The normalized spacial score (nSPS) is 18.2. The van der Waals surface area contributed by atoms with Gasteiger partial charge in [-0.1, -0.05) is 5.16 Å². The van der Waals surface area contributed by atoms with Crippen molar-refractivity contribution in [3.63, 3.8) is 0 Å². The minimum absolute atomic E-state index is 0. The second-order valence-electron chi connectivity index (χ2n) is 6.18. The van der Waals surface area contributed by atoms with E-state index in [0.29, 0.717) is 0 Å². The largest absolute Gasteiger partial charge is 1.00 e. The predicted molar refractivity (Wildman–Crippen MR) is 109 cm³/mol. The third-order valence-corrected chi connectivity index (χ3v) is 5.89. The smallest absolute Gasteiger partial charge is 1.00 e. The summed E-state index contributed by atoms with van der Waals surface area (Å²) in [5.74, 6) is -6.00. The van der Waals surface area contributed by atoms with Crippen molar-refractivity contribution in [3.8, 4) is 0 Å². The van der Waals surface area contributed by atoms with E-state index in [1.165, 1.54) is 10.7 Å². The van der Waals surface area contributed by atoms with Crippen LogP contribution in [0.15, 0.2) is 10.5 Å². The Morgan fingerprint density at radius 2 is 2.03 bits per heavy atom. The topological polar surface area (TPSA) is 196 Å². The summed E-state index contributed by atoms with van der Waals surface area (Å²) in [7, 11) is -4.17. The van der Waals surface area contributed by atoms with E-state index >= 15 is 0 Å². The molecule has 0 spiro atoms. The van der Waals surface area contributed by atoms with Crippen molar-refractivity contribution < 1.29 is 81.1 Å². The summed E-state index contributed by atoms with van der Waals surface area (Å²) in [6, 6.07) is -3.57. The van der Waals surface area contributed by atoms with E-state index in [9.17, 15) is 40.8 Å². The van der Waals surface area contributed by atoms with Crippen LogP contribution in [0, 0.1) is 0 Å². The molecule has 2 rings (SSSR count). The van der Waals surface area contributed by atoms with Crippen molar-refractivity contribution in [2.24, 2.45) is 5.16 Å². The van der Waals surface area contributed by atoms with Gasteiger partial charge >= 0.3 is 51.9 Å². The molecule has 1 aliphatic heterocycles. The summed E-state index contributed by atoms with van der Waals surface area (Å²) in [4.78, 5) is 55.6. The third-order valence-electron chi connectivity index (χ3n) is 3.95. The molecule has 1 fully saturated rings.